The number of sulfone groups is 1. The number of carbonyl (C=O) groups excluding carboxylic acids is 1. The lowest BCUT2D eigenvalue weighted by molar-refractivity contribution is 0.0593. The number of sulfonamides is 1. The number of halogens is 5. The van der Waals surface area contributed by atoms with Gasteiger partial charge in [0.1, 0.15) is 6.67 Å². The van der Waals surface area contributed by atoms with Crippen LogP contribution in [0.5, 0.6) is 0 Å². The van der Waals surface area contributed by atoms with E-state index in [-0.39, 0.29) is 23.7 Å². The number of rotatable bonds is 21. The molecule has 5 aromatic rings. The molecule has 0 bridgehead atoms. The molecule has 0 spiro atoms. The molecule has 0 saturated carbocycles. The number of hydrogen-bond acceptors (Lipinski definition) is 12. The maximum Gasteiger partial charge on any atom is 0.393 e. The molecule has 70 heavy (non-hydrogen) atoms. The maximum absolute atomic E-state index is 15.3. The fourth-order valence-corrected chi connectivity index (χ4v) is 13.9. The second kappa shape index (κ2) is 24.1. The SMILES string of the molecule is C=IC(F)(F)S(=O)(=O)c1cc(S(=O)(=O)NC(=O)c2ccc(N3CCC([C@@H](O)c4ccccc4-c4ccc(Cl)cc4)CC3)cc2)ccc1N[C@H](CCN1CCN(C[C@@H](O)CF)CC1)CSc1ccccc1. The second-order valence-corrected chi connectivity index (χ2v) is 25.3. The average Bonchev–Trinajstić information content (AvgIpc) is 3.37. The van der Waals surface area contributed by atoms with Gasteiger partial charge in [-0.05, 0) is 129 Å². The van der Waals surface area contributed by atoms with Crippen molar-refractivity contribution in [3.8, 4) is 11.1 Å². The monoisotopic (exact) mass is 1150 g/mol. The molecule has 2 aliphatic rings. The Morgan fingerprint density at radius 1 is 0.843 bits per heavy atom. The molecule has 20 heteroatoms. The molecular weight excluding hydrogens is 1100 g/mol. The summed E-state index contributed by atoms with van der Waals surface area (Å²) in [6.07, 6.45) is 0.0631. The Morgan fingerprint density at radius 3 is 2.14 bits per heavy atom. The van der Waals surface area contributed by atoms with Gasteiger partial charge in [-0.1, -0.05) is 70.7 Å². The van der Waals surface area contributed by atoms with Gasteiger partial charge in [0, 0.05) is 85.3 Å². The van der Waals surface area contributed by atoms with E-state index in [0.29, 0.717) is 81.9 Å². The molecular formula is C50H56ClF3IN5O7S3. The van der Waals surface area contributed by atoms with E-state index in [1.807, 2.05) is 88.5 Å². The molecule has 0 unspecified atom stereocenters. The molecule has 4 N–H and O–H groups in total. The summed E-state index contributed by atoms with van der Waals surface area (Å²) in [5, 5.41) is 25.1. The van der Waals surface area contributed by atoms with Crippen molar-refractivity contribution < 1.29 is 45.0 Å². The van der Waals surface area contributed by atoms with E-state index in [4.69, 9.17) is 11.6 Å². The first-order valence-electron chi connectivity index (χ1n) is 22.7. The van der Waals surface area contributed by atoms with Crippen molar-refractivity contribution >= 4 is 85.8 Å². The summed E-state index contributed by atoms with van der Waals surface area (Å²) in [6, 6.07) is 33.4. The summed E-state index contributed by atoms with van der Waals surface area (Å²) in [7, 11) is -10.3. The largest absolute Gasteiger partial charge is 0.393 e. The predicted octanol–water partition coefficient (Wildman–Crippen LogP) is 8.71. The molecule has 376 valence electrons. The summed E-state index contributed by atoms with van der Waals surface area (Å²) in [5.74, 6) is -0.629. The van der Waals surface area contributed by atoms with Crippen LogP contribution in [-0.2, 0) is 19.9 Å². The molecule has 0 aromatic heterocycles. The van der Waals surface area contributed by atoms with E-state index >= 15 is 8.78 Å². The number of anilines is 2. The summed E-state index contributed by atoms with van der Waals surface area (Å²) >= 11 is 5.13. The van der Waals surface area contributed by atoms with E-state index in [1.165, 1.54) is 23.9 Å². The highest BCUT2D eigenvalue weighted by Gasteiger charge is 2.46. The van der Waals surface area contributed by atoms with Crippen LogP contribution in [0.25, 0.3) is 11.1 Å². The molecule has 2 saturated heterocycles. The summed E-state index contributed by atoms with van der Waals surface area (Å²) < 4.78 is 99.6. The molecule has 12 nitrogen and oxygen atoms in total. The fraction of sp³-hybridized carbons (Fsp3) is 0.360. The lowest BCUT2D eigenvalue weighted by Crippen LogP contribution is -2.49. The number of nitrogens with zero attached hydrogens (tertiary/aromatic N) is 3. The van der Waals surface area contributed by atoms with Gasteiger partial charge in [0.25, 0.3) is 25.8 Å². The van der Waals surface area contributed by atoms with Gasteiger partial charge in [-0.25, -0.2) is 25.9 Å². The minimum atomic E-state index is -5.48. The summed E-state index contributed by atoms with van der Waals surface area (Å²) in [5.41, 5.74) is 3.29. The van der Waals surface area contributed by atoms with Gasteiger partial charge in [-0.15, -0.1) is 11.8 Å². The molecule has 2 aliphatic heterocycles. The van der Waals surface area contributed by atoms with Crippen LogP contribution in [0.4, 0.5) is 24.5 Å². The van der Waals surface area contributed by atoms with Crippen molar-refractivity contribution in [3.63, 3.8) is 0 Å². The summed E-state index contributed by atoms with van der Waals surface area (Å²) in [4.78, 5) is 19.0. The third-order valence-electron chi connectivity index (χ3n) is 12.6. The first-order chi connectivity index (χ1) is 33.5. The standard InChI is InChI=1S/C50H56ClF3IN5O7S3/c1-55-50(53,54)69(64,65)47-31-43(19-20-46(47)56-39(34-68-42-7-3-2-4-8-42)23-24-58-27-29-59(30-28-58)33-41(61)32-52)70(66,67)57-49(63)37-13-17-40(18-14-37)60-25-21-36(22-26-60)48(62)45-10-6-5-9-44(45)35-11-15-38(51)16-12-35/h2-20,31,36,39,41,48,56,61-62H,1,21-30,32-34H2,(H,57,63)/t39-,41+,48-/m1/s1. The first kappa shape index (κ1) is 53.7. The Labute approximate surface area is 427 Å². The number of aliphatic hydroxyl groups excluding tert-OH is 2. The van der Waals surface area contributed by atoms with Gasteiger partial charge < -0.3 is 25.3 Å². The Morgan fingerprint density at radius 2 is 1.49 bits per heavy atom. The molecule has 3 atom stereocenters. The lowest BCUT2D eigenvalue weighted by atomic mass is 9.84. The number of nitrogens with one attached hydrogen (secondary N) is 2. The molecule has 1 amide bonds. The molecule has 0 radical (unpaired) electrons. The van der Waals surface area contributed by atoms with Crippen LogP contribution < -0.4 is 14.9 Å². The first-order valence-corrected chi connectivity index (χ1v) is 29.7. The van der Waals surface area contributed by atoms with E-state index in [2.05, 4.69) is 19.6 Å². The topological polar surface area (TPSA) is 160 Å². The maximum atomic E-state index is 15.3. The van der Waals surface area contributed by atoms with Crippen LogP contribution in [-0.4, -0.2) is 127 Å². The van der Waals surface area contributed by atoms with Gasteiger partial charge >= 0.3 is 3.26 Å². The van der Waals surface area contributed by atoms with Crippen molar-refractivity contribution in [3.05, 3.63) is 137 Å². The van der Waals surface area contributed by atoms with Gasteiger partial charge in [0.05, 0.1) is 27.7 Å². The number of piperidine rings is 1. The van der Waals surface area contributed by atoms with E-state index in [1.54, 1.807) is 12.1 Å². The number of amides is 1. The van der Waals surface area contributed by atoms with Gasteiger partial charge in [-0.3, -0.25) is 9.69 Å². The van der Waals surface area contributed by atoms with Gasteiger partial charge in [0.15, 0.2) is 0 Å². The minimum absolute atomic E-state index is 0.00608. The predicted molar refractivity (Wildman–Crippen MR) is 282 cm³/mol. The van der Waals surface area contributed by atoms with Crippen LogP contribution in [0.15, 0.2) is 136 Å². The third kappa shape index (κ3) is 13.5. The van der Waals surface area contributed by atoms with E-state index in [0.717, 1.165) is 39.4 Å². The number of aliphatic hydroxyl groups is 2. The highest BCUT2D eigenvalue weighted by atomic mass is 127. The number of benzene rings is 5. The van der Waals surface area contributed by atoms with Crippen molar-refractivity contribution in [2.75, 3.05) is 75.0 Å². The zero-order valence-corrected chi connectivity index (χ0v) is 43.5. The Balaban J connectivity index is 1.03. The molecule has 7 rings (SSSR count). The molecule has 2 fully saturated rings. The zero-order chi connectivity index (χ0) is 50.1. The Hall–Kier alpha value is -4.06. The van der Waals surface area contributed by atoms with Crippen LogP contribution in [0.2, 0.25) is 5.02 Å². The van der Waals surface area contributed by atoms with Crippen LogP contribution in [0.1, 0.15) is 41.3 Å². The van der Waals surface area contributed by atoms with E-state index in [9.17, 15) is 36.2 Å². The van der Waals surface area contributed by atoms with Crippen LogP contribution in [0.3, 0.4) is 0 Å². The van der Waals surface area contributed by atoms with Crippen LogP contribution in [0, 0.1) is 5.92 Å². The van der Waals surface area contributed by atoms with Crippen molar-refractivity contribution in [2.24, 2.45) is 5.92 Å². The van der Waals surface area contributed by atoms with Crippen LogP contribution >= 0.6 is 44.1 Å². The number of alkyl halides is 4. The highest BCUT2D eigenvalue weighted by molar-refractivity contribution is 14.2. The number of β-amino-alcohol motifs (C(OH)–C–C–N with tert-alkyl or cyclic N) is 1. The quantitative estimate of drug-likeness (QED) is 0.0315. The second-order valence-electron chi connectivity index (χ2n) is 17.3. The van der Waals surface area contributed by atoms with Crippen molar-refractivity contribution in [2.45, 2.75) is 55.5 Å². The zero-order valence-electron chi connectivity index (χ0n) is 38.1. The Kier molecular flexibility index (Phi) is 18.5. The number of hydrogen-bond donors (Lipinski definition) is 4. The number of piperazine rings is 1. The van der Waals surface area contributed by atoms with Gasteiger partial charge in [-0.2, -0.15) is 8.78 Å². The molecule has 5 aromatic carbocycles. The van der Waals surface area contributed by atoms with Crippen molar-refractivity contribution in [1.82, 2.24) is 14.5 Å². The van der Waals surface area contributed by atoms with Crippen molar-refractivity contribution in [1.29, 1.82) is 0 Å². The highest BCUT2D eigenvalue weighted by Crippen LogP contribution is 2.42. The fourth-order valence-electron chi connectivity index (χ4n) is 8.66. The number of thioether (sulfide) groups is 1. The molecule has 2 heterocycles. The molecule has 0 aliphatic carbocycles. The average molecular weight is 1150 g/mol. The minimum Gasteiger partial charge on any atom is -0.389 e. The smallest absolute Gasteiger partial charge is 0.389 e. The lowest BCUT2D eigenvalue weighted by Gasteiger charge is -2.36. The third-order valence-corrected chi connectivity index (χ3v) is 20.3. The Bertz CT molecular complexity index is 2790. The van der Waals surface area contributed by atoms with Gasteiger partial charge in [0.2, 0.25) is 0 Å². The van der Waals surface area contributed by atoms with E-state index < -0.39 is 84.5 Å². The number of carbonyl (C=O) groups is 1. The summed E-state index contributed by atoms with van der Waals surface area (Å²) in [6.45, 7) is 3.65. The normalized spacial score (nSPS) is 16.9.